The van der Waals surface area contributed by atoms with Crippen molar-refractivity contribution < 1.29 is 0 Å². The summed E-state index contributed by atoms with van der Waals surface area (Å²) in [4.78, 5) is 7.64. The Hall–Kier alpha value is -0.680. The molecule has 0 aliphatic carbocycles. The molecule has 0 aromatic carbocycles. The lowest BCUT2D eigenvalue weighted by atomic mass is 10.2. The number of halogens is 1. The van der Waals surface area contributed by atoms with Crippen LogP contribution in [0.3, 0.4) is 0 Å². The Kier molecular flexibility index (Phi) is 3.44. The van der Waals surface area contributed by atoms with Crippen molar-refractivity contribution in [3.8, 4) is 0 Å². The van der Waals surface area contributed by atoms with Gasteiger partial charge in [-0.15, -0.1) is 0 Å². The van der Waals surface area contributed by atoms with E-state index in [0.29, 0.717) is 6.04 Å². The Bertz CT molecular complexity index is 554. The first-order valence-corrected chi connectivity index (χ1v) is 6.63. The van der Waals surface area contributed by atoms with Crippen LogP contribution in [0.25, 0.3) is 11.2 Å². The number of hydrogen-bond acceptors (Lipinski definition) is 2. The highest BCUT2D eigenvalue weighted by Crippen LogP contribution is 2.23. The first-order valence-electron chi connectivity index (χ1n) is 5.43. The van der Waals surface area contributed by atoms with Gasteiger partial charge in [0.15, 0.2) is 10.4 Å². The average molecular weight is 300 g/mol. The Balaban J connectivity index is 2.69. The Morgan fingerprint density at radius 2 is 2.19 bits per heavy atom. The second-order valence-electron chi connectivity index (χ2n) is 3.80. The van der Waals surface area contributed by atoms with Crippen LogP contribution in [-0.4, -0.2) is 14.5 Å². The molecule has 0 radical (unpaired) electrons. The maximum Gasteiger partial charge on any atom is 0.179 e. The summed E-state index contributed by atoms with van der Waals surface area (Å²) in [6.45, 7) is 4.35. The van der Waals surface area contributed by atoms with E-state index in [1.165, 1.54) is 0 Å². The highest BCUT2D eigenvalue weighted by Gasteiger charge is 2.13. The fourth-order valence-electron chi connectivity index (χ4n) is 1.98. The smallest absolute Gasteiger partial charge is 0.179 e. The van der Waals surface area contributed by atoms with Gasteiger partial charge >= 0.3 is 0 Å². The van der Waals surface area contributed by atoms with Crippen LogP contribution in [0.15, 0.2) is 16.7 Å². The summed E-state index contributed by atoms with van der Waals surface area (Å²) in [5, 5.41) is 0. The second-order valence-corrected chi connectivity index (χ2v) is 5.10. The zero-order valence-corrected chi connectivity index (χ0v) is 11.7. The SMILES string of the molecule is CCC(CC)n1c(=S)[nH]c2cc(Br)cnc21. The summed E-state index contributed by atoms with van der Waals surface area (Å²) in [5.74, 6) is 0. The van der Waals surface area contributed by atoms with E-state index in [-0.39, 0.29) is 0 Å². The van der Waals surface area contributed by atoms with E-state index in [1.54, 1.807) is 0 Å². The van der Waals surface area contributed by atoms with Gasteiger partial charge in [-0.05, 0) is 47.1 Å². The lowest BCUT2D eigenvalue weighted by molar-refractivity contribution is 0.476. The van der Waals surface area contributed by atoms with Crippen LogP contribution in [0.4, 0.5) is 0 Å². The van der Waals surface area contributed by atoms with E-state index in [0.717, 1.165) is 33.2 Å². The summed E-state index contributed by atoms with van der Waals surface area (Å²) >= 11 is 8.77. The monoisotopic (exact) mass is 299 g/mol. The zero-order valence-electron chi connectivity index (χ0n) is 9.33. The maximum atomic E-state index is 5.36. The number of H-pyrrole nitrogens is 1. The molecule has 3 nitrogen and oxygen atoms in total. The third-order valence-corrected chi connectivity index (χ3v) is 3.56. The molecule has 2 heterocycles. The molecule has 0 amide bonds. The lowest BCUT2D eigenvalue weighted by Gasteiger charge is -2.14. The third kappa shape index (κ3) is 1.94. The molecule has 0 spiro atoms. The van der Waals surface area contributed by atoms with Crippen molar-refractivity contribution in [1.82, 2.24) is 14.5 Å². The van der Waals surface area contributed by atoms with Crippen LogP contribution < -0.4 is 0 Å². The Labute approximate surface area is 108 Å². The van der Waals surface area contributed by atoms with Gasteiger partial charge in [0.25, 0.3) is 0 Å². The molecule has 0 aliphatic heterocycles. The molecule has 0 fully saturated rings. The summed E-state index contributed by atoms with van der Waals surface area (Å²) in [5.41, 5.74) is 1.94. The highest BCUT2D eigenvalue weighted by atomic mass is 79.9. The van der Waals surface area contributed by atoms with Crippen LogP contribution in [0.1, 0.15) is 32.7 Å². The van der Waals surface area contributed by atoms with Crippen molar-refractivity contribution in [2.24, 2.45) is 0 Å². The van der Waals surface area contributed by atoms with Gasteiger partial charge in [-0.25, -0.2) is 4.98 Å². The molecule has 2 aromatic heterocycles. The number of aromatic nitrogens is 3. The first kappa shape index (κ1) is 11.8. The fourth-order valence-corrected chi connectivity index (χ4v) is 2.66. The van der Waals surface area contributed by atoms with Gasteiger partial charge in [0, 0.05) is 16.7 Å². The molecule has 0 saturated carbocycles. The van der Waals surface area contributed by atoms with Crippen molar-refractivity contribution >= 4 is 39.3 Å². The van der Waals surface area contributed by atoms with E-state index in [2.05, 4.69) is 44.3 Å². The molecule has 86 valence electrons. The summed E-state index contributed by atoms with van der Waals surface area (Å²) in [6.07, 6.45) is 3.94. The quantitative estimate of drug-likeness (QED) is 0.861. The molecule has 2 aromatic rings. The van der Waals surface area contributed by atoms with E-state index < -0.39 is 0 Å². The van der Waals surface area contributed by atoms with Crippen LogP contribution in [0.2, 0.25) is 0 Å². The molecule has 2 rings (SSSR count). The van der Waals surface area contributed by atoms with Crippen LogP contribution >= 0.6 is 28.1 Å². The minimum Gasteiger partial charge on any atom is -0.329 e. The molecule has 0 saturated heterocycles. The summed E-state index contributed by atoms with van der Waals surface area (Å²) < 4.78 is 3.85. The van der Waals surface area contributed by atoms with E-state index in [4.69, 9.17) is 12.2 Å². The fraction of sp³-hybridized carbons (Fsp3) is 0.455. The predicted octanol–water partition coefficient (Wildman–Crippen LogP) is 4.22. The number of aromatic amines is 1. The number of nitrogens with zero attached hydrogens (tertiary/aromatic N) is 2. The first-order chi connectivity index (χ1) is 7.67. The number of hydrogen-bond donors (Lipinski definition) is 1. The highest BCUT2D eigenvalue weighted by molar-refractivity contribution is 9.10. The summed E-state index contributed by atoms with van der Waals surface area (Å²) in [7, 11) is 0. The molecule has 0 aliphatic rings. The van der Waals surface area contributed by atoms with Gasteiger partial charge < -0.3 is 4.98 Å². The molecule has 0 bridgehead atoms. The number of imidazole rings is 1. The van der Waals surface area contributed by atoms with Crippen molar-refractivity contribution in [3.63, 3.8) is 0 Å². The maximum absolute atomic E-state index is 5.36. The average Bonchev–Trinajstić information content (AvgIpc) is 2.57. The zero-order chi connectivity index (χ0) is 11.7. The second kappa shape index (κ2) is 4.67. The molecular formula is C11H14BrN3S. The molecule has 0 atom stereocenters. The number of nitrogens with one attached hydrogen (secondary N) is 1. The third-order valence-electron chi connectivity index (χ3n) is 2.83. The Morgan fingerprint density at radius 1 is 1.50 bits per heavy atom. The van der Waals surface area contributed by atoms with Gasteiger partial charge in [-0.2, -0.15) is 0 Å². The molecule has 1 N–H and O–H groups in total. The van der Waals surface area contributed by atoms with E-state index >= 15 is 0 Å². The van der Waals surface area contributed by atoms with Crippen molar-refractivity contribution in [1.29, 1.82) is 0 Å². The molecule has 5 heteroatoms. The van der Waals surface area contributed by atoms with Crippen molar-refractivity contribution in [2.45, 2.75) is 32.7 Å². The molecule has 0 unspecified atom stereocenters. The minimum absolute atomic E-state index is 0.426. The van der Waals surface area contributed by atoms with Crippen LogP contribution in [0, 0.1) is 4.77 Å². The van der Waals surface area contributed by atoms with Crippen LogP contribution in [0.5, 0.6) is 0 Å². The summed E-state index contributed by atoms with van der Waals surface area (Å²) in [6, 6.07) is 2.44. The van der Waals surface area contributed by atoms with Gasteiger partial charge in [0.05, 0.1) is 5.52 Å². The van der Waals surface area contributed by atoms with Gasteiger partial charge in [-0.1, -0.05) is 13.8 Å². The number of rotatable bonds is 3. The number of fused-ring (bicyclic) bond motifs is 1. The standard InChI is InChI=1S/C11H14BrN3S/c1-3-8(4-2)15-10-9(14-11(15)16)5-7(12)6-13-10/h5-6,8H,3-4H2,1-2H3,(H,14,16). The van der Waals surface area contributed by atoms with E-state index in [1.807, 2.05) is 12.3 Å². The normalized spacial score (nSPS) is 11.5. The van der Waals surface area contributed by atoms with Gasteiger partial charge in [0.2, 0.25) is 0 Å². The topological polar surface area (TPSA) is 33.6 Å². The van der Waals surface area contributed by atoms with Crippen LogP contribution in [-0.2, 0) is 0 Å². The molecule has 16 heavy (non-hydrogen) atoms. The van der Waals surface area contributed by atoms with Crippen molar-refractivity contribution in [2.75, 3.05) is 0 Å². The van der Waals surface area contributed by atoms with E-state index in [9.17, 15) is 0 Å². The minimum atomic E-state index is 0.426. The van der Waals surface area contributed by atoms with Crippen molar-refractivity contribution in [3.05, 3.63) is 21.5 Å². The Morgan fingerprint density at radius 3 is 2.81 bits per heavy atom. The largest absolute Gasteiger partial charge is 0.329 e. The number of pyridine rings is 1. The molecular weight excluding hydrogens is 286 g/mol. The lowest BCUT2D eigenvalue weighted by Crippen LogP contribution is -2.07. The van der Waals surface area contributed by atoms with Gasteiger partial charge in [-0.3, -0.25) is 4.57 Å². The van der Waals surface area contributed by atoms with Gasteiger partial charge in [0.1, 0.15) is 0 Å². The predicted molar refractivity (Wildman–Crippen MR) is 72.2 cm³/mol.